The summed E-state index contributed by atoms with van der Waals surface area (Å²) in [6, 6.07) is 20.5. The van der Waals surface area contributed by atoms with E-state index in [-0.39, 0.29) is 6.61 Å². The van der Waals surface area contributed by atoms with Crippen LogP contribution in [0.2, 0.25) is 0 Å². The molecule has 3 aromatic rings. The molecule has 3 rings (SSSR count). The Labute approximate surface area is 192 Å². The van der Waals surface area contributed by atoms with E-state index in [1.807, 2.05) is 38.1 Å². The zero-order valence-corrected chi connectivity index (χ0v) is 19.8. The van der Waals surface area contributed by atoms with Crippen LogP contribution in [-0.2, 0) is 25.2 Å². The molecule has 0 fully saturated rings. The Bertz CT molecular complexity index is 1030. The van der Waals surface area contributed by atoms with Gasteiger partial charge in [-0.15, -0.1) is 0 Å². The van der Waals surface area contributed by atoms with Gasteiger partial charge in [-0.3, -0.25) is 0 Å². The highest BCUT2D eigenvalue weighted by molar-refractivity contribution is 5.72. The van der Waals surface area contributed by atoms with Crippen LogP contribution in [0.5, 0.6) is 5.75 Å². The Kier molecular flexibility index (Phi) is 8.11. The van der Waals surface area contributed by atoms with E-state index in [1.165, 1.54) is 16.7 Å². The second kappa shape index (κ2) is 10.8. The molecule has 3 nitrogen and oxygen atoms in total. The van der Waals surface area contributed by atoms with Crippen molar-refractivity contribution in [2.24, 2.45) is 0 Å². The maximum atomic E-state index is 11.4. The molecular formula is C29H36O3. The van der Waals surface area contributed by atoms with Gasteiger partial charge in [0.1, 0.15) is 12.4 Å². The SMILES string of the molecule is CCCc1ccccc1-c1cc(COc2cccc(CO)c2)c(C(O)(CC)CC)cc1C. The highest BCUT2D eigenvalue weighted by atomic mass is 16.5. The van der Waals surface area contributed by atoms with Gasteiger partial charge >= 0.3 is 0 Å². The van der Waals surface area contributed by atoms with Gasteiger partial charge in [0.15, 0.2) is 0 Å². The summed E-state index contributed by atoms with van der Waals surface area (Å²) in [7, 11) is 0. The molecule has 170 valence electrons. The Morgan fingerprint density at radius 2 is 1.59 bits per heavy atom. The molecule has 0 saturated carbocycles. The first-order valence-corrected chi connectivity index (χ1v) is 11.7. The van der Waals surface area contributed by atoms with Gasteiger partial charge in [-0.05, 0) is 83.3 Å². The molecule has 3 heteroatoms. The summed E-state index contributed by atoms with van der Waals surface area (Å²) in [5.41, 5.74) is 6.81. The van der Waals surface area contributed by atoms with Crippen LogP contribution in [0.3, 0.4) is 0 Å². The van der Waals surface area contributed by atoms with Crippen molar-refractivity contribution >= 4 is 0 Å². The largest absolute Gasteiger partial charge is 0.489 e. The Hall–Kier alpha value is -2.62. The van der Waals surface area contributed by atoms with E-state index < -0.39 is 5.60 Å². The summed E-state index contributed by atoms with van der Waals surface area (Å²) >= 11 is 0. The number of ether oxygens (including phenoxy) is 1. The molecule has 0 saturated heterocycles. The van der Waals surface area contributed by atoms with Crippen molar-refractivity contribution in [3.8, 4) is 16.9 Å². The van der Waals surface area contributed by atoms with Gasteiger partial charge < -0.3 is 14.9 Å². The minimum Gasteiger partial charge on any atom is -0.489 e. The highest BCUT2D eigenvalue weighted by Gasteiger charge is 2.29. The van der Waals surface area contributed by atoms with Crippen LogP contribution >= 0.6 is 0 Å². The van der Waals surface area contributed by atoms with Crippen LogP contribution in [-0.4, -0.2) is 10.2 Å². The fourth-order valence-electron chi connectivity index (χ4n) is 4.39. The minimum absolute atomic E-state index is 0.0171. The smallest absolute Gasteiger partial charge is 0.120 e. The topological polar surface area (TPSA) is 49.7 Å². The van der Waals surface area contributed by atoms with Crippen LogP contribution < -0.4 is 4.74 Å². The van der Waals surface area contributed by atoms with E-state index in [0.29, 0.717) is 25.2 Å². The summed E-state index contributed by atoms with van der Waals surface area (Å²) in [4.78, 5) is 0. The Balaban J connectivity index is 2.08. The van der Waals surface area contributed by atoms with Crippen LogP contribution in [0, 0.1) is 6.92 Å². The molecule has 0 bridgehead atoms. The highest BCUT2D eigenvalue weighted by Crippen LogP contribution is 2.37. The lowest BCUT2D eigenvalue weighted by molar-refractivity contribution is 0.0266. The number of aliphatic hydroxyl groups is 2. The molecule has 0 amide bonds. The van der Waals surface area contributed by atoms with E-state index in [1.54, 1.807) is 0 Å². The number of hydrogen-bond acceptors (Lipinski definition) is 3. The first-order valence-electron chi connectivity index (χ1n) is 11.7. The molecule has 0 spiro atoms. The molecule has 0 aliphatic heterocycles. The monoisotopic (exact) mass is 432 g/mol. The summed E-state index contributed by atoms with van der Waals surface area (Å²) in [5, 5.41) is 20.8. The summed E-state index contributed by atoms with van der Waals surface area (Å²) in [5.74, 6) is 0.715. The Morgan fingerprint density at radius 3 is 2.28 bits per heavy atom. The van der Waals surface area contributed by atoms with Crippen molar-refractivity contribution in [1.29, 1.82) is 0 Å². The number of aryl methyl sites for hydroxylation is 2. The quantitative estimate of drug-likeness (QED) is 0.375. The average molecular weight is 433 g/mol. The van der Waals surface area contributed by atoms with Gasteiger partial charge in [-0.1, -0.05) is 69.7 Å². The third-order valence-electron chi connectivity index (χ3n) is 6.42. The maximum Gasteiger partial charge on any atom is 0.120 e. The number of hydrogen-bond donors (Lipinski definition) is 2. The molecule has 2 N–H and O–H groups in total. The van der Waals surface area contributed by atoms with Crippen molar-refractivity contribution in [3.05, 3.63) is 88.5 Å². The fourth-order valence-corrected chi connectivity index (χ4v) is 4.39. The van der Waals surface area contributed by atoms with Crippen molar-refractivity contribution in [2.75, 3.05) is 0 Å². The zero-order valence-electron chi connectivity index (χ0n) is 19.8. The van der Waals surface area contributed by atoms with E-state index in [9.17, 15) is 10.2 Å². The van der Waals surface area contributed by atoms with E-state index in [0.717, 1.165) is 35.1 Å². The van der Waals surface area contributed by atoms with Gasteiger partial charge in [0, 0.05) is 0 Å². The van der Waals surface area contributed by atoms with Gasteiger partial charge in [-0.25, -0.2) is 0 Å². The molecule has 0 aliphatic carbocycles. The lowest BCUT2D eigenvalue weighted by Crippen LogP contribution is -2.26. The first-order chi connectivity index (χ1) is 15.5. The second-order valence-electron chi connectivity index (χ2n) is 8.56. The van der Waals surface area contributed by atoms with Gasteiger partial charge in [0.2, 0.25) is 0 Å². The third kappa shape index (κ3) is 5.23. The van der Waals surface area contributed by atoms with Crippen molar-refractivity contribution in [3.63, 3.8) is 0 Å². The predicted octanol–water partition coefficient (Wildman–Crippen LogP) is 6.69. The second-order valence-corrected chi connectivity index (χ2v) is 8.56. The Morgan fingerprint density at radius 1 is 0.844 bits per heavy atom. The summed E-state index contributed by atoms with van der Waals surface area (Å²) in [6.45, 7) is 8.72. The molecule has 0 atom stereocenters. The fraction of sp³-hybridized carbons (Fsp3) is 0.379. The van der Waals surface area contributed by atoms with Gasteiger partial charge in [-0.2, -0.15) is 0 Å². The molecule has 0 heterocycles. The standard InChI is InChI=1S/C29H36O3/c1-5-11-23-13-8-9-15-26(23)27-18-24(20-32-25-14-10-12-22(17-25)19-30)28(16-21(27)4)29(31,6-2)7-3/h8-10,12-18,30-31H,5-7,11,19-20H2,1-4H3. The van der Waals surface area contributed by atoms with Crippen molar-refractivity contribution < 1.29 is 14.9 Å². The molecule has 3 aromatic carbocycles. The summed E-state index contributed by atoms with van der Waals surface area (Å²) in [6.07, 6.45) is 3.41. The predicted molar refractivity (Wildman–Crippen MR) is 132 cm³/mol. The molecule has 32 heavy (non-hydrogen) atoms. The maximum absolute atomic E-state index is 11.4. The number of rotatable bonds is 10. The van der Waals surface area contributed by atoms with Crippen LogP contribution in [0.4, 0.5) is 0 Å². The molecule has 0 unspecified atom stereocenters. The lowest BCUT2D eigenvalue weighted by atomic mass is 9.82. The van der Waals surface area contributed by atoms with Crippen molar-refractivity contribution in [1.82, 2.24) is 0 Å². The molecule has 0 aromatic heterocycles. The minimum atomic E-state index is -0.891. The van der Waals surface area contributed by atoms with Gasteiger partial charge in [0.05, 0.1) is 12.2 Å². The lowest BCUT2D eigenvalue weighted by Gasteiger charge is -2.30. The number of benzene rings is 3. The zero-order chi connectivity index (χ0) is 23.1. The van der Waals surface area contributed by atoms with Crippen LogP contribution in [0.25, 0.3) is 11.1 Å². The average Bonchev–Trinajstić information content (AvgIpc) is 2.83. The molecule has 0 radical (unpaired) electrons. The normalized spacial score (nSPS) is 11.6. The van der Waals surface area contributed by atoms with Gasteiger partial charge in [0.25, 0.3) is 0 Å². The van der Waals surface area contributed by atoms with E-state index >= 15 is 0 Å². The first kappa shape index (κ1) is 24.0. The molecular weight excluding hydrogens is 396 g/mol. The van der Waals surface area contributed by atoms with Crippen LogP contribution in [0.1, 0.15) is 67.9 Å². The molecule has 0 aliphatic rings. The van der Waals surface area contributed by atoms with Crippen molar-refractivity contribution in [2.45, 2.75) is 72.2 Å². The van der Waals surface area contributed by atoms with E-state index in [2.05, 4.69) is 50.2 Å². The number of aliphatic hydroxyl groups excluding tert-OH is 1. The third-order valence-corrected chi connectivity index (χ3v) is 6.42. The van der Waals surface area contributed by atoms with Crippen LogP contribution in [0.15, 0.2) is 60.7 Å². The summed E-state index contributed by atoms with van der Waals surface area (Å²) < 4.78 is 6.15. The van der Waals surface area contributed by atoms with E-state index in [4.69, 9.17) is 4.74 Å².